The van der Waals surface area contributed by atoms with Crippen molar-refractivity contribution in [3.8, 4) is 0 Å². The minimum absolute atomic E-state index is 0.359. The maximum Gasteiger partial charge on any atom is 0.189 e. The lowest BCUT2D eigenvalue weighted by Crippen LogP contribution is -2.38. The number of hydrogen-bond donors (Lipinski definition) is 2. The van der Waals surface area contributed by atoms with Crippen LogP contribution in [0.3, 0.4) is 0 Å². The summed E-state index contributed by atoms with van der Waals surface area (Å²) < 4.78 is 0. The summed E-state index contributed by atoms with van der Waals surface area (Å²) in [5.41, 5.74) is 6.63. The van der Waals surface area contributed by atoms with Crippen molar-refractivity contribution >= 4 is 5.96 Å². The molecule has 82 valence electrons. The van der Waals surface area contributed by atoms with E-state index in [1.165, 1.54) is 0 Å². The van der Waals surface area contributed by atoms with Crippen LogP contribution in [-0.4, -0.2) is 17.0 Å². The van der Waals surface area contributed by atoms with Crippen molar-refractivity contribution in [2.45, 2.75) is 32.9 Å². The smallest absolute Gasteiger partial charge is 0.189 e. The Kier molecular flexibility index (Phi) is 4.60. The number of guanidine groups is 1. The highest BCUT2D eigenvalue weighted by molar-refractivity contribution is 5.78. The fraction of sp³-hybridized carbons (Fsp3) is 0.455. The molecule has 4 nitrogen and oxygen atoms in total. The van der Waals surface area contributed by atoms with E-state index in [2.05, 4.69) is 29.1 Å². The number of nitrogens with one attached hydrogen (secondary N) is 1. The number of aromatic nitrogens is 1. The van der Waals surface area contributed by atoms with Crippen molar-refractivity contribution < 1.29 is 0 Å². The Hall–Kier alpha value is -1.58. The highest BCUT2D eigenvalue weighted by Gasteiger charge is 1.98. The molecule has 4 heteroatoms. The number of hydrogen-bond acceptors (Lipinski definition) is 2. The highest BCUT2D eigenvalue weighted by atomic mass is 15.1. The summed E-state index contributed by atoms with van der Waals surface area (Å²) in [6.07, 6.45) is 2.78. The van der Waals surface area contributed by atoms with E-state index in [-0.39, 0.29) is 0 Å². The van der Waals surface area contributed by atoms with Gasteiger partial charge in [0.1, 0.15) is 0 Å². The minimum atomic E-state index is 0.359. The summed E-state index contributed by atoms with van der Waals surface area (Å²) in [7, 11) is 0. The third-order valence-electron chi connectivity index (χ3n) is 2.14. The second-order valence-corrected chi connectivity index (χ2v) is 3.48. The fourth-order valence-electron chi connectivity index (χ4n) is 1.06. The zero-order valence-electron chi connectivity index (χ0n) is 9.27. The molecule has 1 heterocycles. The monoisotopic (exact) mass is 206 g/mol. The topological polar surface area (TPSA) is 63.3 Å². The third kappa shape index (κ3) is 4.44. The van der Waals surface area contributed by atoms with Gasteiger partial charge in [-0.1, -0.05) is 13.0 Å². The number of nitrogens with two attached hydrogens (primary N) is 1. The molecular formula is C11H18N4. The molecule has 0 amide bonds. The van der Waals surface area contributed by atoms with Crippen LogP contribution < -0.4 is 11.1 Å². The Morgan fingerprint density at radius 1 is 1.60 bits per heavy atom. The van der Waals surface area contributed by atoms with Gasteiger partial charge in [-0.05, 0) is 25.5 Å². The molecule has 0 fully saturated rings. The van der Waals surface area contributed by atoms with Gasteiger partial charge < -0.3 is 11.1 Å². The molecule has 0 saturated heterocycles. The van der Waals surface area contributed by atoms with E-state index < -0.39 is 0 Å². The van der Waals surface area contributed by atoms with Crippen molar-refractivity contribution in [2.24, 2.45) is 10.7 Å². The molecule has 0 saturated carbocycles. The van der Waals surface area contributed by atoms with E-state index in [1.54, 1.807) is 6.20 Å². The zero-order chi connectivity index (χ0) is 11.1. The lowest BCUT2D eigenvalue weighted by Gasteiger charge is -2.11. The summed E-state index contributed by atoms with van der Waals surface area (Å²) in [5, 5.41) is 3.10. The molecule has 1 aromatic heterocycles. The quantitative estimate of drug-likeness (QED) is 0.576. The van der Waals surface area contributed by atoms with Crippen LogP contribution >= 0.6 is 0 Å². The molecule has 0 aliphatic rings. The van der Waals surface area contributed by atoms with Crippen molar-refractivity contribution in [3.63, 3.8) is 0 Å². The summed E-state index contributed by atoms with van der Waals surface area (Å²) in [4.78, 5) is 8.36. The first-order valence-corrected chi connectivity index (χ1v) is 5.18. The zero-order valence-corrected chi connectivity index (χ0v) is 9.27. The molecule has 1 atom stereocenters. The van der Waals surface area contributed by atoms with E-state index in [0.717, 1.165) is 12.1 Å². The Morgan fingerprint density at radius 2 is 2.40 bits per heavy atom. The summed E-state index contributed by atoms with van der Waals surface area (Å²) in [6.45, 7) is 4.70. The van der Waals surface area contributed by atoms with Gasteiger partial charge in [-0.15, -0.1) is 0 Å². The Morgan fingerprint density at radius 3 is 3.00 bits per heavy atom. The van der Waals surface area contributed by atoms with Gasteiger partial charge >= 0.3 is 0 Å². The molecule has 0 aliphatic heterocycles. The Balaban J connectivity index is 2.44. The molecular weight excluding hydrogens is 188 g/mol. The Labute approximate surface area is 90.6 Å². The maximum atomic E-state index is 5.71. The fourth-order valence-corrected chi connectivity index (χ4v) is 1.06. The van der Waals surface area contributed by atoms with Gasteiger partial charge in [0.15, 0.2) is 5.96 Å². The van der Waals surface area contributed by atoms with Crippen LogP contribution in [0.1, 0.15) is 26.0 Å². The molecule has 1 aromatic rings. The summed E-state index contributed by atoms with van der Waals surface area (Å²) in [5.74, 6) is 0.481. The minimum Gasteiger partial charge on any atom is -0.370 e. The van der Waals surface area contributed by atoms with Crippen LogP contribution in [0.25, 0.3) is 0 Å². The molecule has 1 unspecified atom stereocenters. The lowest BCUT2D eigenvalue weighted by molar-refractivity contribution is 0.636. The molecule has 0 aromatic carbocycles. The van der Waals surface area contributed by atoms with Gasteiger partial charge in [-0.2, -0.15) is 0 Å². The average Bonchev–Trinajstić information content (AvgIpc) is 2.27. The second kappa shape index (κ2) is 6.01. The van der Waals surface area contributed by atoms with Gasteiger partial charge in [0.2, 0.25) is 0 Å². The SMILES string of the molecule is CCC(C)NC(N)=NCc1ccccn1. The van der Waals surface area contributed by atoms with Crippen molar-refractivity contribution in [1.82, 2.24) is 10.3 Å². The van der Waals surface area contributed by atoms with Crippen LogP contribution in [-0.2, 0) is 6.54 Å². The summed E-state index contributed by atoms with van der Waals surface area (Å²) >= 11 is 0. The van der Waals surface area contributed by atoms with Crippen molar-refractivity contribution in [1.29, 1.82) is 0 Å². The maximum absolute atomic E-state index is 5.71. The summed E-state index contributed by atoms with van der Waals surface area (Å²) in [6, 6.07) is 6.11. The first-order valence-electron chi connectivity index (χ1n) is 5.18. The van der Waals surface area contributed by atoms with E-state index in [1.807, 2.05) is 18.2 Å². The second-order valence-electron chi connectivity index (χ2n) is 3.48. The molecule has 0 spiro atoms. The Bertz CT molecular complexity index is 308. The largest absolute Gasteiger partial charge is 0.370 e. The first-order chi connectivity index (χ1) is 7.22. The predicted octanol–water partition coefficient (Wildman–Crippen LogP) is 1.28. The van der Waals surface area contributed by atoms with Crippen LogP contribution in [0.15, 0.2) is 29.4 Å². The molecule has 1 rings (SSSR count). The highest BCUT2D eigenvalue weighted by Crippen LogP contribution is 1.95. The standard InChI is InChI=1S/C11H18N4/c1-3-9(2)15-11(12)14-8-10-6-4-5-7-13-10/h4-7,9H,3,8H2,1-2H3,(H3,12,14,15). The predicted molar refractivity (Wildman–Crippen MR) is 62.5 cm³/mol. The number of nitrogens with zero attached hydrogens (tertiary/aromatic N) is 2. The lowest BCUT2D eigenvalue weighted by atomic mass is 10.3. The molecule has 0 radical (unpaired) electrons. The molecule has 15 heavy (non-hydrogen) atoms. The van der Waals surface area contributed by atoms with Gasteiger partial charge in [0.25, 0.3) is 0 Å². The van der Waals surface area contributed by atoms with Gasteiger partial charge in [0.05, 0.1) is 12.2 Å². The average molecular weight is 206 g/mol. The number of aliphatic imine (C=N–C) groups is 1. The van der Waals surface area contributed by atoms with Crippen molar-refractivity contribution in [3.05, 3.63) is 30.1 Å². The first kappa shape index (κ1) is 11.5. The van der Waals surface area contributed by atoms with E-state index in [4.69, 9.17) is 5.73 Å². The molecule has 0 aliphatic carbocycles. The van der Waals surface area contributed by atoms with Crippen LogP contribution in [0.5, 0.6) is 0 Å². The van der Waals surface area contributed by atoms with E-state index >= 15 is 0 Å². The van der Waals surface area contributed by atoms with Crippen LogP contribution in [0.4, 0.5) is 0 Å². The normalized spacial score (nSPS) is 13.6. The van der Waals surface area contributed by atoms with Crippen LogP contribution in [0.2, 0.25) is 0 Å². The van der Waals surface area contributed by atoms with Crippen molar-refractivity contribution in [2.75, 3.05) is 0 Å². The number of pyridine rings is 1. The van der Waals surface area contributed by atoms with E-state index in [9.17, 15) is 0 Å². The third-order valence-corrected chi connectivity index (χ3v) is 2.14. The van der Waals surface area contributed by atoms with Gasteiger partial charge in [-0.3, -0.25) is 4.98 Å². The van der Waals surface area contributed by atoms with Gasteiger partial charge in [-0.25, -0.2) is 4.99 Å². The molecule has 3 N–H and O–H groups in total. The van der Waals surface area contributed by atoms with Gasteiger partial charge in [0, 0.05) is 12.2 Å². The number of rotatable bonds is 4. The van der Waals surface area contributed by atoms with E-state index in [0.29, 0.717) is 18.5 Å². The van der Waals surface area contributed by atoms with Crippen LogP contribution in [0, 0.1) is 0 Å². The molecule has 0 bridgehead atoms.